The van der Waals surface area contributed by atoms with Crippen molar-refractivity contribution in [2.75, 3.05) is 26.1 Å². The fraction of sp³-hybridized carbons (Fsp3) is 0.167. The summed E-state index contributed by atoms with van der Waals surface area (Å²) in [4.78, 5) is 2.09. The molecule has 0 unspecified atom stereocenters. The third-order valence-corrected chi connectivity index (χ3v) is 7.61. The van der Waals surface area contributed by atoms with Crippen molar-refractivity contribution in [3.8, 4) is 28.1 Å². The zero-order valence-electron chi connectivity index (χ0n) is 20.8. The largest absolute Gasteiger partial charge is 0.496 e. The van der Waals surface area contributed by atoms with Crippen molar-refractivity contribution in [2.45, 2.75) is 6.61 Å². The van der Waals surface area contributed by atoms with E-state index in [-0.39, 0.29) is 6.61 Å². The molecule has 4 rings (SSSR count). The second-order valence-corrected chi connectivity index (χ2v) is 10.5. The van der Waals surface area contributed by atoms with Crippen LogP contribution in [0.1, 0.15) is 16.8 Å². The van der Waals surface area contributed by atoms with E-state index >= 15 is 0 Å². The SMILES string of the molecule is COc1cc(-c2cc(/C=C/c3ccc(N(C)C)cc3)[n+](C)c(-c3ccc(Br)cc3)c2)cc(CO)c1Br. The van der Waals surface area contributed by atoms with Crippen LogP contribution in [-0.2, 0) is 13.7 Å². The van der Waals surface area contributed by atoms with Crippen molar-refractivity contribution >= 4 is 49.7 Å². The number of aliphatic hydroxyl groups is 1. The molecular formula is C30H29Br2N2O2+. The molecule has 6 heteroatoms. The molecule has 0 aliphatic carbocycles. The van der Waals surface area contributed by atoms with Crippen molar-refractivity contribution in [3.05, 3.63) is 98.6 Å². The third kappa shape index (κ3) is 5.72. The number of hydrogen-bond acceptors (Lipinski definition) is 3. The first-order valence-electron chi connectivity index (χ1n) is 11.5. The second-order valence-electron chi connectivity index (χ2n) is 8.75. The van der Waals surface area contributed by atoms with Gasteiger partial charge in [-0.15, -0.1) is 0 Å². The van der Waals surface area contributed by atoms with Crippen LogP contribution < -0.4 is 14.2 Å². The molecule has 0 spiro atoms. The molecule has 1 heterocycles. The van der Waals surface area contributed by atoms with Crippen LogP contribution in [0.4, 0.5) is 5.69 Å². The van der Waals surface area contributed by atoms with E-state index in [0.717, 1.165) is 48.2 Å². The Morgan fingerprint density at radius 1 is 0.861 bits per heavy atom. The van der Waals surface area contributed by atoms with E-state index in [1.165, 1.54) is 5.69 Å². The Bertz CT molecular complexity index is 1370. The lowest BCUT2D eigenvalue weighted by molar-refractivity contribution is -0.662. The van der Waals surface area contributed by atoms with Gasteiger partial charge in [0.05, 0.1) is 18.2 Å². The Balaban J connectivity index is 1.86. The zero-order valence-corrected chi connectivity index (χ0v) is 24.0. The zero-order chi connectivity index (χ0) is 25.8. The van der Waals surface area contributed by atoms with Crippen LogP contribution in [0.15, 0.2) is 81.7 Å². The number of aromatic nitrogens is 1. The molecule has 4 nitrogen and oxygen atoms in total. The van der Waals surface area contributed by atoms with Gasteiger partial charge < -0.3 is 14.7 Å². The summed E-state index contributed by atoms with van der Waals surface area (Å²) in [6, 6.07) is 25.1. The van der Waals surface area contributed by atoms with Gasteiger partial charge >= 0.3 is 0 Å². The molecule has 36 heavy (non-hydrogen) atoms. The fourth-order valence-electron chi connectivity index (χ4n) is 4.06. The molecule has 184 valence electrons. The molecule has 0 saturated carbocycles. The average Bonchev–Trinajstić information content (AvgIpc) is 2.89. The standard InChI is InChI=1S/C30H29Br2N2O2/c1-33(2)26-12-5-20(6-13-26)7-14-27-16-23(22-15-24(19-35)30(32)29(18-22)36-4)17-28(34(27)3)21-8-10-25(31)11-9-21/h5-18,35H,19H2,1-4H3/q+1. The molecule has 0 radical (unpaired) electrons. The number of methoxy groups -OCH3 is 1. The molecule has 0 aliphatic heterocycles. The highest BCUT2D eigenvalue weighted by molar-refractivity contribution is 9.10. The molecular weight excluding hydrogens is 580 g/mol. The van der Waals surface area contributed by atoms with Crippen LogP contribution in [0.5, 0.6) is 5.75 Å². The van der Waals surface area contributed by atoms with Crippen LogP contribution in [-0.4, -0.2) is 26.3 Å². The number of benzene rings is 3. The smallest absolute Gasteiger partial charge is 0.213 e. The molecule has 3 aromatic carbocycles. The first-order chi connectivity index (χ1) is 17.3. The van der Waals surface area contributed by atoms with E-state index in [2.05, 4.69) is 121 Å². The number of ether oxygens (including phenoxy) is 1. The summed E-state index contributed by atoms with van der Waals surface area (Å²) in [5.74, 6) is 0.688. The first kappa shape index (κ1) is 26.1. The van der Waals surface area contributed by atoms with E-state index < -0.39 is 0 Å². The Labute approximate surface area is 229 Å². The summed E-state index contributed by atoms with van der Waals surface area (Å²) in [6.45, 7) is -0.0827. The maximum Gasteiger partial charge on any atom is 0.213 e. The average molecular weight is 609 g/mol. The maximum absolute atomic E-state index is 9.92. The predicted octanol–water partition coefficient (Wildman–Crippen LogP) is 7.11. The van der Waals surface area contributed by atoms with E-state index in [0.29, 0.717) is 5.75 Å². The second kappa shape index (κ2) is 11.4. The highest BCUT2D eigenvalue weighted by atomic mass is 79.9. The van der Waals surface area contributed by atoms with E-state index in [1.807, 2.05) is 26.2 Å². The summed E-state index contributed by atoms with van der Waals surface area (Å²) >= 11 is 7.09. The van der Waals surface area contributed by atoms with Crippen LogP contribution in [0, 0.1) is 0 Å². The number of halogens is 2. The number of hydrogen-bond donors (Lipinski definition) is 1. The third-order valence-electron chi connectivity index (χ3n) is 6.18. The highest BCUT2D eigenvalue weighted by Gasteiger charge is 2.18. The van der Waals surface area contributed by atoms with Gasteiger partial charge in [0.25, 0.3) is 0 Å². The van der Waals surface area contributed by atoms with Gasteiger partial charge in [-0.1, -0.05) is 28.1 Å². The van der Waals surface area contributed by atoms with Gasteiger partial charge in [0.1, 0.15) is 12.8 Å². The van der Waals surface area contributed by atoms with Gasteiger partial charge in [0.2, 0.25) is 11.4 Å². The molecule has 0 amide bonds. The first-order valence-corrected chi connectivity index (χ1v) is 13.1. The molecule has 0 bridgehead atoms. The lowest BCUT2D eigenvalue weighted by Crippen LogP contribution is -2.34. The maximum atomic E-state index is 9.92. The molecule has 0 aliphatic rings. The van der Waals surface area contributed by atoms with Crippen molar-refractivity contribution in [1.82, 2.24) is 0 Å². The van der Waals surface area contributed by atoms with Crippen molar-refractivity contribution in [3.63, 3.8) is 0 Å². The molecule has 0 fully saturated rings. The lowest BCUT2D eigenvalue weighted by Gasteiger charge is -2.13. The minimum absolute atomic E-state index is 0.0827. The van der Waals surface area contributed by atoms with Crippen molar-refractivity contribution < 1.29 is 14.4 Å². The van der Waals surface area contributed by atoms with Gasteiger partial charge in [-0.25, -0.2) is 0 Å². The quantitative estimate of drug-likeness (QED) is 0.227. The summed E-state index contributed by atoms with van der Waals surface area (Å²) < 4.78 is 9.58. The number of pyridine rings is 1. The van der Waals surface area contributed by atoms with Crippen LogP contribution in [0.2, 0.25) is 0 Å². The van der Waals surface area contributed by atoms with Gasteiger partial charge in [-0.05, 0) is 92.8 Å². The van der Waals surface area contributed by atoms with Crippen LogP contribution in [0.3, 0.4) is 0 Å². The summed E-state index contributed by atoms with van der Waals surface area (Å²) in [5, 5.41) is 9.92. The monoisotopic (exact) mass is 607 g/mol. The number of anilines is 1. The van der Waals surface area contributed by atoms with Crippen LogP contribution >= 0.6 is 31.9 Å². The molecule has 1 N–H and O–H groups in total. The number of nitrogens with zero attached hydrogens (tertiary/aromatic N) is 2. The summed E-state index contributed by atoms with van der Waals surface area (Å²) in [7, 11) is 7.80. The lowest BCUT2D eigenvalue weighted by atomic mass is 9.99. The summed E-state index contributed by atoms with van der Waals surface area (Å²) in [6.07, 6.45) is 4.27. The van der Waals surface area contributed by atoms with E-state index in [1.54, 1.807) is 7.11 Å². The Kier molecular flexibility index (Phi) is 8.29. The minimum Gasteiger partial charge on any atom is -0.496 e. The van der Waals surface area contributed by atoms with E-state index in [4.69, 9.17) is 4.74 Å². The molecule has 4 aromatic rings. The molecule has 0 atom stereocenters. The van der Waals surface area contributed by atoms with Gasteiger partial charge in [0, 0.05) is 48.0 Å². The predicted molar refractivity (Wildman–Crippen MR) is 156 cm³/mol. The van der Waals surface area contributed by atoms with Gasteiger partial charge in [0.15, 0.2) is 0 Å². The summed E-state index contributed by atoms with van der Waals surface area (Å²) in [5.41, 5.74) is 8.33. The molecule has 0 saturated heterocycles. The van der Waals surface area contributed by atoms with E-state index in [9.17, 15) is 5.11 Å². The van der Waals surface area contributed by atoms with Crippen molar-refractivity contribution in [2.24, 2.45) is 7.05 Å². The van der Waals surface area contributed by atoms with Gasteiger partial charge in [-0.3, -0.25) is 0 Å². The number of rotatable bonds is 7. The molecule has 1 aromatic heterocycles. The Morgan fingerprint density at radius 2 is 1.53 bits per heavy atom. The highest BCUT2D eigenvalue weighted by Crippen LogP contribution is 2.36. The topological polar surface area (TPSA) is 36.6 Å². The fourth-order valence-corrected chi connectivity index (χ4v) is 4.84. The number of aliphatic hydroxyl groups excluding tert-OH is 1. The Hall–Kier alpha value is -2.93. The Morgan fingerprint density at radius 3 is 2.14 bits per heavy atom. The minimum atomic E-state index is -0.0827. The van der Waals surface area contributed by atoms with Gasteiger partial charge in [-0.2, -0.15) is 4.57 Å². The van der Waals surface area contributed by atoms with Crippen LogP contribution in [0.25, 0.3) is 34.5 Å². The van der Waals surface area contributed by atoms with Crippen molar-refractivity contribution in [1.29, 1.82) is 0 Å². The normalized spacial score (nSPS) is 11.2.